The number of carbonyl (C=O) groups is 3. The molecule has 1 fully saturated rings. The van der Waals surface area contributed by atoms with Crippen LogP contribution in [0.25, 0.3) is 0 Å². The Labute approximate surface area is 168 Å². The number of nitrogens with zero attached hydrogens (tertiary/aromatic N) is 1. The van der Waals surface area contributed by atoms with Gasteiger partial charge in [-0.2, -0.15) is 13.2 Å². The molecule has 0 N–H and O–H groups in total. The molecule has 8 heteroatoms. The van der Waals surface area contributed by atoms with Crippen molar-refractivity contribution in [1.82, 2.24) is 4.90 Å². The van der Waals surface area contributed by atoms with Crippen LogP contribution in [-0.2, 0) is 15.7 Å². The number of benzene rings is 1. The molecular formula is C21H26F3NO4. The van der Waals surface area contributed by atoms with Crippen LogP contribution in [0.5, 0.6) is 0 Å². The van der Waals surface area contributed by atoms with Gasteiger partial charge in [0.2, 0.25) is 0 Å². The maximum absolute atomic E-state index is 12.8. The van der Waals surface area contributed by atoms with E-state index in [-0.39, 0.29) is 30.1 Å². The Morgan fingerprint density at radius 2 is 1.69 bits per heavy atom. The van der Waals surface area contributed by atoms with Gasteiger partial charge < -0.3 is 9.64 Å². The largest absolute Gasteiger partial charge is 0.444 e. The molecule has 29 heavy (non-hydrogen) atoms. The lowest BCUT2D eigenvalue weighted by atomic mass is 9.89. The number of ether oxygens (including phenoxy) is 1. The lowest BCUT2D eigenvalue weighted by molar-refractivity contribution is -0.137. The first-order valence-corrected chi connectivity index (χ1v) is 9.58. The molecule has 2 rings (SSSR count). The normalized spacial score (nSPS) is 15.9. The third kappa shape index (κ3) is 6.87. The summed E-state index contributed by atoms with van der Waals surface area (Å²) in [6, 6.07) is 4.22. The molecule has 0 radical (unpaired) electrons. The van der Waals surface area contributed by atoms with Crippen molar-refractivity contribution in [2.45, 2.75) is 58.2 Å². The number of halogens is 3. The highest BCUT2D eigenvalue weighted by molar-refractivity contribution is 5.98. The summed E-state index contributed by atoms with van der Waals surface area (Å²) < 4.78 is 43.6. The molecule has 1 aromatic rings. The number of hydrogen-bond donors (Lipinski definition) is 0. The maximum Gasteiger partial charge on any atom is 0.416 e. The minimum Gasteiger partial charge on any atom is -0.444 e. The SMILES string of the molecule is CC(C)(C)OC(=O)N1CCC(C(=O)CCC(=O)c2cccc(C(F)(F)F)c2)CC1. The summed E-state index contributed by atoms with van der Waals surface area (Å²) in [7, 11) is 0. The molecule has 1 heterocycles. The second kappa shape index (κ2) is 8.97. The second-order valence-corrected chi connectivity index (χ2v) is 8.21. The number of hydrogen-bond acceptors (Lipinski definition) is 4. The number of piperidine rings is 1. The molecular weight excluding hydrogens is 387 g/mol. The van der Waals surface area contributed by atoms with Gasteiger partial charge >= 0.3 is 12.3 Å². The Morgan fingerprint density at radius 3 is 2.24 bits per heavy atom. The summed E-state index contributed by atoms with van der Waals surface area (Å²) in [4.78, 5) is 38.2. The lowest BCUT2D eigenvalue weighted by Gasteiger charge is -2.32. The molecule has 0 spiro atoms. The Hall–Kier alpha value is -2.38. The molecule has 1 aromatic carbocycles. The number of carbonyl (C=O) groups excluding carboxylic acids is 3. The number of likely N-dealkylation sites (tertiary alicyclic amines) is 1. The smallest absolute Gasteiger partial charge is 0.416 e. The molecule has 160 valence electrons. The third-order valence-electron chi connectivity index (χ3n) is 4.71. The molecule has 0 bridgehead atoms. The zero-order valence-electron chi connectivity index (χ0n) is 16.8. The molecule has 1 amide bonds. The Morgan fingerprint density at radius 1 is 1.07 bits per heavy atom. The topological polar surface area (TPSA) is 63.7 Å². The summed E-state index contributed by atoms with van der Waals surface area (Å²) in [6.45, 7) is 6.13. The van der Waals surface area contributed by atoms with Gasteiger partial charge in [-0.3, -0.25) is 9.59 Å². The van der Waals surface area contributed by atoms with Crippen molar-refractivity contribution in [3.8, 4) is 0 Å². The maximum atomic E-state index is 12.8. The summed E-state index contributed by atoms with van der Waals surface area (Å²) in [5, 5.41) is 0. The first-order valence-electron chi connectivity index (χ1n) is 9.58. The number of alkyl halides is 3. The zero-order chi connectivity index (χ0) is 21.8. The Balaban J connectivity index is 1.83. The van der Waals surface area contributed by atoms with Gasteiger partial charge in [-0.25, -0.2) is 4.79 Å². The predicted octanol–water partition coefficient (Wildman–Crippen LogP) is 4.88. The molecule has 1 aliphatic heterocycles. The van der Waals surface area contributed by atoms with Gasteiger partial charge in [0.25, 0.3) is 0 Å². The molecule has 5 nitrogen and oxygen atoms in total. The molecule has 1 saturated heterocycles. The standard InChI is InChI=1S/C21H26F3NO4/c1-20(2,3)29-19(28)25-11-9-14(10-12-25)17(26)7-8-18(27)15-5-4-6-16(13-15)21(22,23)24/h4-6,13-14H,7-12H2,1-3H3. The molecule has 0 atom stereocenters. The van der Waals surface area contributed by atoms with E-state index in [1.54, 1.807) is 25.7 Å². The van der Waals surface area contributed by atoms with Crippen LogP contribution in [0.4, 0.5) is 18.0 Å². The van der Waals surface area contributed by atoms with E-state index in [9.17, 15) is 27.6 Å². The highest BCUT2D eigenvalue weighted by atomic mass is 19.4. The fraction of sp³-hybridized carbons (Fsp3) is 0.571. The van der Waals surface area contributed by atoms with Crippen LogP contribution >= 0.6 is 0 Å². The van der Waals surface area contributed by atoms with E-state index in [0.717, 1.165) is 12.1 Å². The monoisotopic (exact) mass is 413 g/mol. The van der Waals surface area contributed by atoms with E-state index < -0.39 is 29.2 Å². The molecule has 0 aliphatic carbocycles. The minimum atomic E-state index is -4.52. The van der Waals surface area contributed by atoms with Gasteiger partial charge in [0, 0.05) is 37.4 Å². The number of amides is 1. The predicted molar refractivity (Wildman–Crippen MR) is 101 cm³/mol. The van der Waals surface area contributed by atoms with Crippen molar-refractivity contribution in [2.24, 2.45) is 5.92 Å². The molecule has 0 saturated carbocycles. The molecule has 0 unspecified atom stereocenters. The zero-order valence-corrected chi connectivity index (χ0v) is 16.8. The third-order valence-corrected chi connectivity index (χ3v) is 4.71. The van der Waals surface area contributed by atoms with Crippen LogP contribution < -0.4 is 0 Å². The van der Waals surface area contributed by atoms with Crippen LogP contribution in [0.1, 0.15) is 62.4 Å². The average Bonchev–Trinajstić information content (AvgIpc) is 2.64. The van der Waals surface area contributed by atoms with Crippen molar-refractivity contribution in [3.05, 3.63) is 35.4 Å². The fourth-order valence-electron chi connectivity index (χ4n) is 3.16. The fourth-order valence-corrected chi connectivity index (χ4v) is 3.16. The van der Waals surface area contributed by atoms with Crippen LogP contribution in [0.15, 0.2) is 24.3 Å². The van der Waals surface area contributed by atoms with E-state index in [0.29, 0.717) is 25.9 Å². The lowest BCUT2D eigenvalue weighted by Crippen LogP contribution is -2.43. The van der Waals surface area contributed by atoms with E-state index in [1.165, 1.54) is 12.1 Å². The van der Waals surface area contributed by atoms with Crippen molar-refractivity contribution in [3.63, 3.8) is 0 Å². The first-order chi connectivity index (χ1) is 13.4. The number of rotatable bonds is 5. The van der Waals surface area contributed by atoms with Crippen molar-refractivity contribution in [2.75, 3.05) is 13.1 Å². The summed E-state index contributed by atoms with van der Waals surface area (Å²) >= 11 is 0. The van der Waals surface area contributed by atoms with E-state index in [1.807, 2.05) is 0 Å². The second-order valence-electron chi connectivity index (χ2n) is 8.21. The summed E-state index contributed by atoms with van der Waals surface area (Å²) in [5.74, 6) is -0.854. The van der Waals surface area contributed by atoms with Gasteiger partial charge in [-0.05, 0) is 45.7 Å². The van der Waals surface area contributed by atoms with Gasteiger partial charge in [0.05, 0.1) is 5.56 Å². The van der Waals surface area contributed by atoms with Crippen molar-refractivity contribution < 1.29 is 32.3 Å². The van der Waals surface area contributed by atoms with Crippen LogP contribution in [0.2, 0.25) is 0 Å². The quantitative estimate of drug-likeness (QED) is 0.645. The summed E-state index contributed by atoms with van der Waals surface area (Å²) in [5.41, 5.74) is -1.52. The first kappa shape index (κ1) is 22.9. The van der Waals surface area contributed by atoms with E-state index >= 15 is 0 Å². The van der Waals surface area contributed by atoms with Crippen LogP contribution in [0.3, 0.4) is 0 Å². The number of Topliss-reactive ketones (excluding diaryl/α,β-unsaturated/α-hetero) is 2. The van der Waals surface area contributed by atoms with E-state index in [4.69, 9.17) is 4.74 Å². The number of ketones is 2. The van der Waals surface area contributed by atoms with Crippen molar-refractivity contribution >= 4 is 17.7 Å². The van der Waals surface area contributed by atoms with Gasteiger partial charge in [0.15, 0.2) is 5.78 Å². The minimum absolute atomic E-state index is 0.0216. The Kier molecular flexibility index (Phi) is 7.08. The van der Waals surface area contributed by atoms with Gasteiger partial charge in [-0.1, -0.05) is 12.1 Å². The Bertz CT molecular complexity index is 760. The average molecular weight is 413 g/mol. The van der Waals surface area contributed by atoms with E-state index in [2.05, 4.69) is 0 Å². The van der Waals surface area contributed by atoms with Crippen LogP contribution in [0, 0.1) is 5.92 Å². The highest BCUT2D eigenvalue weighted by Crippen LogP contribution is 2.30. The van der Waals surface area contributed by atoms with Gasteiger partial charge in [-0.15, -0.1) is 0 Å². The van der Waals surface area contributed by atoms with Crippen molar-refractivity contribution in [1.29, 1.82) is 0 Å². The van der Waals surface area contributed by atoms with Gasteiger partial charge in [0.1, 0.15) is 11.4 Å². The van der Waals surface area contributed by atoms with Crippen LogP contribution in [-0.4, -0.2) is 41.3 Å². The summed E-state index contributed by atoms with van der Waals surface area (Å²) in [6.07, 6.45) is -4.12. The molecule has 0 aromatic heterocycles. The molecule has 1 aliphatic rings. The highest BCUT2D eigenvalue weighted by Gasteiger charge is 2.32.